The number of pyridine rings is 1. The lowest BCUT2D eigenvalue weighted by molar-refractivity contribution is -0.125. The van der Waals surface area contributed by atoms with Crippen LogP contribution in [0.25, 0.3) is 22.2 Å². The van der Waals surface area contributed by atoms with Gasteiger partial charge in [-0.15, -0.1) is 0 Å². The Morgan fingerprint density at radius 2 is 1.64 bits per heavy atom. The van der Waals surface area contributed by atoms with E-state index in [9.17, 15) is 19.2 Å². The number of ether oxygens (including phenoxy) is 2. The third kappa shape index (κ3) is 9.24. The third-order valence-corrected chi connectivity index (χ3v) is 14.3. The molecule has 4 amide bonds. The number of tetrazole rings is 1. The molecule has 366 valence electrons. The Hall–Kier alpha value is -7.07. The summed E-state index contributed by atoms with van der Waals surface area (Å²) in [6.07, 6.45) is 2.74. The zero-order valence-electron chi connectivity index (χ0n) is 40.1. The second-order valence-electron chi connectivity index (χ2n) is 18.7. The Morgan fingerprint density at radius 3 is 2.41 bits per heavy atom. The van der Waals surface area contributed by atoms with E-state index < -0.39 is 17.9 Å². The monoisotopic (exact) mass is 953 g/mol. The van der Waals surface area contributed by atoms with E-state index in [-0.39, 0.29) is 30.4 Å². The van der Waals surface area contributed by atoms with Crippen molar-refractivity contribution >= 4 is 57.7 Å². The molecule has 1 unspecified atom stereocenters. The molecule has 5 aliphatic heterocycles. The summed E-state index contributed by atoms with van der Waals surface area (Å²) < 4.78 is 13.6. The Morgan fingerprint density at radius 1 is 0.886 bits per heavy atom. The van der Waals surface area contributed by atoms with Gasteiger partial charge in [0, 0.05) is 111 Å². The maximum absolute atomic E-state index is 13.5. The summed E-state index contributed by atoms with van der Waals surface area (Å²) in [6.45, 7) is 19.3. The zero-order chi connectivity index (χ0) is 48.6. The molecule has 0 aliphatic carbocycles. The molecule has 8 heterocycles. The lowest BCUT2D eigenvalue weighted by atomic mass is 10.0. The van der Waals surface area contributed by atoms with Crippen LogP contribution in [-0.4, -0.2) is 178 Å². The Kier molecular flexibility index (Phi) is 13.2. The summed E-state index contributed by atoms with van der Waals surface area (Å²) in [7, 11) is 1.84. The average molecular weight is 954 g/mol. The number of imide groups is 1. The highest BCUT2D eigenvalue weighted by Crippen LogP contribution is 2.34. The predicted molar refractivity (Wildman–Crippen MR) is 262 cm³/mol. The molecule has 3 saturated heterocycles. The summed E-state index contributed by atoms with van der Waals surface area (Å²) in [5.41, 5.74) is 6.79. The first kappa shape index (κ1) is 46.6. The number of fused-ring (bicyclic) bond motifs is 3. The molecule has 0 radical (unpaired) electrons. The number of aromatic nitrogens is 7. The second-order valence-corrected chi connectivity index (χ2v) is 18.7. The molecule has 5 aromatic rings. The Balaban J connectivity index is 0.639. The van der Waals surface area contributed by atoms with Crippen LogP contribution < -0.4 is 25.3 Å². The van der Waals surface area contributed by atoms with E-state index in [1.54, 1.807) is 16.8 Å². The van der Waals surface area contributed by atoms with Crippen molar-refractivity contribution in [1.82, 2.24) is 55.4 Å². The van der Waals surface area contributed by atoms with Gasteiger partial charge in [0.1, 0.15) is 17.6 Å². The van der Waals surface area contributed by atoms with Crippen LogP contribution in [0.4, 0.5) is 23.1 Å². The van der Waals surface area contributed by atoms with Crippen molar-refractivity contribution in [2.75, 3.05) is 106 Å². The predicted octanol–water partition coefficient (Wildman–Crippen LogP) is 3.12. The number of hydrogen-bond donors (Lipinski definition) is 3. The number of piperazine rings is 2. The summed E-state index contributed by atoms with van der Waals surface area (Å²) in [5, 5.41) is 26.3. The molecule has 70 heavy (non-hydrogen) atoms. The molecule has 3 fully saturated rings. The molecule has 5 aliphatic rings. The van der Waals surface area contributed by atoms with Gasteiger partial charge in [0.05, 0.1) is 55.2 Å². The van der Waals surface area contributed by atoms with Gasteiger partial charge in [0.15, 0.2) is 0 Å². The minimum atomic E-state index is -0.822. The zero-order valence-corrected chi connectivity index (χ0v) is 40.1. The van der Waals surface area contributed by atoms with Crippen LogP contribution in [0.15, 0.2) is 78.3 Å². The first-order valence-corrected chi connectivity index (χ1v) is 24.0. The highest BCUT2D eigenvalue weighted by Gasteiger charge is 2.44. The minimum Gasteiger partial charge on any atom is -0.378 e. The maximum Gasteiger partial charge on any atom is 0.262 e. The fraction of sp³-hybridized carbons (Fsp3) is 0.449. The number of H-pyrrole nitrogens is 1. The van der Waals surface area contributed by atoms with E-state index in [1.807, 2.05) is 55.4 Å². The lowest BCUT2D eigenvalue weighted by Gasteiger charge is -2.45. The highest BCUT2D eigenvalue weighted by atomic mass is 16.5. The molecule has 21 heteroatoms. The van der Waals surface area contributed by atoms with Crippen molar-refractivity contribution < 1.29 is 28.7 Å². The van der Waals surface area contributed by atoms with E-state index in [4.69, 9.17) is 14.5 Å². The average Bonchev–Trinajstić information content (AvgIpc) is 4.08. The molecule has 3 atom stereocenters. The molecular formula is C49H59N15O6. The van der Waals surface area contributed by atoms with Gasteiger partial charge in [-0.05, 0) is 92.6 Å². The highest BCUT2D eigenvalue weighted by molar-refractivity contribution is 6.23. The molecule has 21 nitrogen and oxygen atoms in total. The molecule has 0 bridgehead atoms. The fourth-order valence-corrected chi connectivity index (χ4v) is 10.3. The summed E-state index contributed by atoms with van der Waals surface area (Å²) >= 11 is 0. The van der Waals surface area contributed by atoms with Crippen LogP contribution in [0.3, 0.4) is 0 Å². The number of hydrogen-bond acceptors (Lipinski definition) is 16. The van der Waals surface area contributed by atoms with E-state index in [0.717, 1.165) is 96.6 Å². The van der Waals surface area contributed by atoms with Crippen LogP contribution in [0.1, 0.15) is 54.3 Å². The quantitative estimate of drug-likeness (QED) is 0.102. The Labute approximate surface area is 405 Å². The van der Waals surface area contributed by atoms with Crippen LogP contribution in [-0.2, 0) is 25.6 Å². The number of nitrogens with one attached hydrogen (secondary N) is 3. The second kappa shape index (κ2) is 19.7. The van der Waals surface area contributed by atoms with Gasteiger partial charge >= 0.3 is 0 Å². The van der Waals surface area contributed by atoms with E-state index in [0.29, 0.717) is 73.3 Å². The SMILES string of the molecule is C=C1CCC(N2C(=O)c3ccc(N4CCN(CCOCCOCCN5[C@H](C)CN(c6cc(-c7n[nH]c8ccc(NC(=O)C9=C(C)N(C)c%10nnnn%10C9)cc78)ccn6)C[C@@H]5C)CC4)cc3C2=O)C(=O)N1. The number of carbonyl (C=O) groups is 4. The number of piperidine rings is 1. The number of amides is 4. The maximum atomic E-state index is 13.5. The Bertz CT molecular complexity index is 2860. The summed E-state index contributed by atoms with van der Waals surface area (Å²) in [4.78, 5) is 69.8. The van der Waals surface area contributed by atoms with E-state index in [2.05, 4.69) is 82.4 Å². The van der Waals surface area contributed by atoms with Crippen LogP contribution in [0, 0.1) is 0 Å². The van der Waals surface area contributed by atoms with Gasteiger partial charge in [-0.1, -0.05) is 11.7 Å². The number of aromatic amines is 1. The molecule has 0 spiro atoms. The summed E-state index contributed by atoms with van der Waals surface area (Å²) in [5.74, 6) is 0.0659. The first-order valence-electron chi connectivity index (χ1n) is 24.0. The van der Waals surface area contributed by atoms with Crippen molar-refractivity contribution in [3.8, 4) is 11.3 Å². The number of anilines is 4. The lowest BCUT2D eigenvalue weighted by Crippen LogP contribution is -2.57. The summed E-state index contributed by atoms with van der Waals surface area (Å²) in [6, 6.07) is 14.9. The van der Waals surface area contributed by atoms with Gasteiger partial charge in [0.2, 0.25) is 11.9 Å². The number of allylic oxidation sites excluding steroid dienone is 2. The molecule has 3 aromatic heterocycles. The largest absolute Gasteiger partial charge is 0.378 e. The van der Waals surface area contributed by atoms with Gasteiger partial charge in [-0.25, -0.2) is 9.67 Å². The van der Waals surface area contributed by atoms with E-state index >= 15 is 0 Å². The smallest absolute Gasteiger partial charge is 0.262 e. The minimum absolute atomic E-state index is 0.217. The molecule has 3 N–H and O–H groups in total. The third-order valence-electron chi connectivity index (χ3n) is 14.3. The number of carbonyl (C=O) groups excluding carboxylic acids is 4. The van der Waals surface area contributed by atoms with Crippen molar-refractivity contribution in [3.05, 3.63) is 89.4 Å². The first-order chi connectivity index (χ1) is 33.9. The van der Waals surface area contributed by atoms with Gasteiger partial charge in [-0.2, -0.15) is 5.10 Å². The van der Waals surface area contributed by atoms with Gasteiger partial charge < -0.3 is 34.8 Å². The van der Waals surface area contributed by atoms with Gasteiger partial charge in [0.25, 0.3) is 17.7 Å². The standard InChI is InChI=1S/C49H59N15O6/c1-30-6-11-42(46(66)51-30)64-47(67)37-9-8-36(26-38(37)48(64)68)60-16-14-59(15-17-60)18-20-69-22-23-70-21-19-62-31(2)27-61(28-32(62)3)43-24-34(12-13-50-43)44-39-25-35(7-10-41(39)53-54-44)52-45(65)40-29-63-49(55-56-57-63)58(5)33(40)4/h7-10,12-13,24-26,31-32,42H,1,6,11,14-23,27-29H2,2-5H3,(H,51,66)(H,52,65)(H,53,54)/t31-,32+,42?. The number of nitrogens with zero attached hydrogens (tertiary/aromatic N) is 12. The van der Waals surface area contributed by atoms with Crippen molar-refractivity contribution in [3.63, 3.8) is 0 Å². The molecule has 0 saturated carbocycles. The van der Waals surface area contributed by atoms with Crippen molar-refractivity contribution in [2.24, 2.45) is 0 Å². The van der Waals surface area contributed by atoms with Crippen LogP contribution in [0.2, 0.25) is 0 Å². The van der Waals surface area contributed by atoms with Crippen LogP contribution in [0.5, 0.6) is 0 Å². The number of benzene rings is 2. The molecule has 2 aromatic carbocycles. The molecular weight excluding hydrogens is 895 g/mol. The van der Waals surface area contributed by atoms with E-state index in [1.165, 1.54) is 0 Å². The number of rotatable bonds is 15. The fourth-order valence-electron chi connectivity index (χ4n) is 10.3. The van der Waals surface area contributed by atoms with Crippen LogP contribution >= 0.6 is 0 Å². The van der Waals surface area contributed by atoms with Gasteiger partial charge in [-0.3, -0.25) is 39.0 Å². The van der Waals surface area contributed by atoms with Crippen molar-refractivity contribution in [1.29, 1.82) is 0 Å². The van der Waals surface area contributed by atoms with Crippen molar-refractivity contribution in [2.45, 2.75) is 58.3 Å². The normalized spacial score (nSPS) is 21.2. The molecule has 10 rings (SSSR count). The topological polar surface area (TPSA) is 215 Å².